The number of nitrogens with one attached hydrogen (secondary N) is 2. The maximum absolute atomic E-state index is 12.0. The van der Waals surface area contributed by atoms with Crippen LogP contribution in [0.2, 0.25) is 0 Å². The van der Waals surface area contributed by atoms with Crippen LogP contribution in [0.25, 0.3) is 10.4 Å². The van der Waals surface area contributed by atoms with Gasteiger partial charge in [-0.05, 0) is 48.4 Å². The second kappa shape index (κ2) is 12.1. The summed E-state index contributed by atoms with van der Waals surface area (Å²) in [7, 11) is 1.64. The van der Waals surface area contributed by atoms with E-state index < -0.39 is 18.1 Å². The molecule has 1 aromatic heterocycles. The molecule has 0 spiro atoms. The van der Waals surface area contributed by atoms with E-state index in [0.29, 0.717) is 6.54 Å². The highest BCUT2D eigenvalue weighted by Crippen LogP contribution is 2.31. The molecule has 184 valence electrons. The van der Waals surface area contributed by atoms with Crippen molar-refractivity contribution in [1.82, 2.24) is 10.6 Å². The molecule has 3 N–H and O–H groups in total. The first-order valence-corrected chi connectivity index (χ1v) is 12.5. The molecule has 0 aliphatic heterocycles. The Morgan fingerprint density at radius 1 is 1.24 bits per heavy atom. The number of rotatable bonds is 11. The molecule has 1 heterocycles. The molecule has 0 radical (unpaired) electrons. The zero-order valence-corrected chi connectivity index (χ0v) is 21.0. The molecule has 7 nitrogen and oxygen atoms in total. The second-order valence-corrected chi connectivity index (χ2v) is 9.41. The summed E-state index contributed by atoms with van der Waals surface area (Å²) < 4.78 is 11.9. The second-order valence-electron chi connectivity index (χ2n) is 8.46. The number of benzene rings is 1. The number of carboxylic acid groups (broad SMARTS) is 1. The molecule has 1 amide bonds. The lowest BCUT2D eigenvalue weighted by Gasteiger charge is -2.38. The average Bonchev–Trinajstić information content (AvgIpc) is 3.36. The van der Waals surface area contributed by atoms with Gasteiger partial charge < -0.3 is 25.2 Å². The van der Waals surface area contributed by atoms with Gasteiger partial charge in [0.25, 0.3) is 0 Å². The molecule has 0 bridgehead atoms. The quantitative estimate of drug-likeness (QED) is 0.436. The van der Waals surface area contributed by atoms with Gasteiger partial charge in [-0.15, -0.1) is 11.3 Å². The van der Waals surface area contributed by atoms with E-state index in [9.17, 15) is 14.7 Å². The Hall–Kier alpha value is -2.68. The first-order valence-electron chi connectivity index (χ1n) is 11.7. The Kier molecular flexibility index (Phi) is 9.27. The van der Waals surface area contributed by atoms with Crippen molar-refractivity contribution in [1.29, 1.82) is 0 Å². The molecule has 34 heavy (non-hydrogen) atoms. The summed E-state index contributed by atoms with van der Waals surface area (Å²) in [4.78, 5) is 25.0. The SMILES string of the molecule is CCC(CC)O[C@@H]1C=C(C(=O)O)C[C@H](NCc2ccc(-c3cccs3)cc2OC)[C@H]1NC(C)=O. The smallest absolute Gasteiger partial charge is 0.331 e. The zero-order valence-electron chi connectivity index (χ0n) is 20.2. The number of hydrogen-bond acceptors (Lipinski definition) is 6. The van der Waals surface area contributed by atoms with Crippen LogP contribution < -0.4 is 15.4 Å². The number of thiophene rings is 1. The van der Waals surface area contributed by atoms with Crippen molar-refractivity contribution in [3.05, 3.63) is 52.9 Å². The van der Waals surface area contributed by atoms with Crippen LogP contribution in [-0.2, 0) is 20.9 Å². The van der Waals surface area contributed by atoms with Crippen LogP contribution in [0.1, 0.15) is 45.6 Å². The Bertz CT molecular complexity index is 1000. The Morgan fingerprint density at radius 2 is 2.00 bits per heavy atom. The molecule has 1 aromatic carbocycles. The van der Waals surface area contributed by atoms with E-state index >= 15 is 0 Å². The van der Waals surface area contributed by atoms with Gasteiger partial charge in [0.1, 0.15) is 5.75 Å². The highest BCUT2D eigenvalue weighted by atomic mass is 32.1. The monoisotopic (exact) mass is 486 g/mol. The molecule has 0 unspecified atom stereocenters. The lowest BCUT2D eigenvalue weighted by atomic mass is 9.87. The third kappa shape index (κ3) is 6.46. The first kappa shape index (κ1) is 25.9. The van der Waals surface area contributed by atoms with E-state index in [-0.39, 0.29) is 30.0 Å². The lowest BCUT2D eigenvalue weighted by Crippen LogP contribution is -2.58. The minimum atomic E-state index is -0.968. The van der Waals surface area contributed by atoms with Crippen LogP contribution in [0.4, 0.5) is 0 Å². The molecular weight excluding hydrogens is 452 g/mol. The van der Waals surface area contributed by atoms with Crippen molar-refractivity contribution in [2.24, 2.45) is 0 Å². The van der Waals surface area contributed by atoms with Crippen LogP contribution in [0, 0.1) is 0 Å². The summed E-state index contributed by atoms with van der Waals surface area (Å²) in [6.07, 6.45) is 2.99. The summed E-state index contributed by atoms with van der Waals surface area (Å²) in [5.74, 6) is -0.395. The van der Waals surface area contributed by atoms with Crippen molar-refractivity contribution >= 4 is 23.2 Å². The molecule has 3 rings (SSSR count). The maximum atomic E-state index is 12.0. The van der Waals surface area contributed by atoms with Crippen molar-refractivity contribution in [2.45, 2.75) is 70.9 Å². The number of hydrogen-bond donors (Lipinski definition) is 3. The molecule has 1 aliphatic carbocycles. The molecule has 1 aliphatic rings. The van der Waals surface area contributed by atoms with E-state index in [1.54, 1.807) is 24.5 Å². The Balaban J connectivity index is 1.83. The number of carboxylic acids is 1. The van der Waals surface area contributed by atoms with Gasteiger partial charge in [-0.3, -0.25) is 4.79 Å². The van der Waals surface area contributed by atoms with Gasteiger partial charge >= 0.3 is 5.97 Å². The summed E-state index contributed by atoms with van der Waals surface area (Å²) in [5, 5.41) is 18.2. The number of aliphatic carboxylic acids is 1. The minimum Gasteiger partial charge on any atom is -0.496 e. The predicted octanol–water partition coefficient (Wildman–Crippen LogP) is 4.38. The summed E-state index contributed by atoms with van der Waals surface area (Å²) >= 11 is 1.67. The highest BCUT2D eigenvalue weighted by molar-refractivity contribution is 7.13. The molecule has 3 atom stereocenters. The third-order valence-corrected chi connectivity index (χ3v) is 7.06. The number of methoxy groups -OCH3 is 1. The number of carbonyl (C=O) groups is 2. The van der Waals surface area contributed by atoms with Gasteiger partial charge in [0.05, 0.1) is 25.4 Å². The largest absolute Gasteiger partial charge is 0.496 e. The van der Waals surface area contributed by atoms with E-state index in [4.69, 9.17) is 9.47 Å². The summed E-state index contributed by atoms with van der Waals surface area (Å²) in [6.45, 7) is 6.00. The van der Waals surface area contributed by atoms with Crippen molar-refractivity contribution < 1.29 is 24.2 Å². The molecular formula is C26H34N2O5S. The summed E-state index contributed by atoms with van der Waals surface area (Å²) in [5.41, 5.74) is 2.32. The first-order chi connectivity index (χ1) is 16.4. The van der Waals surface area contributed by atoms with Crippen LogP contribution >= 0.6 is 11.3 Å². The summed E-state index contributed by atoms with van der Waals surface area (Å²) in [6, 6.07) is 9.45. The minimum absolute atomic E-state index is 0.0174. The molecule has 0 saturated carbocycles. The van der Waals surface area contributed by atoms with E-state index in [1.807, 2.05) is 37.4 Å². The zero-order chi connectivity index (χ0) is 24.7. The van der Waals surface area contributed by atoms with E-state index in [2.05, 4.69) is 22.8 Å². The lowest BCUT2D eigenvalue weighted by molar-refractivity contribution is -0.133. The van der Waals surface area contributed by atoms with Gasteiger partial charge in [0.15, 0.2) is 0 Å². The number of carbonyl (C=O) groups excluding carboxylic acids is 1. The van der Waals surface area contributed by atoms with Crippen LogP contribution in [0.5, 0.6) is 5.75 Å². The van der Waals surface area contributed by atoms with Crippen molar-refractivity contribution in [3.8, 4) is 16.2 Å². The molecule has 2 aromatic rings. The fourth-order valence-electron chi connectivity index (χ4n) is 4.29. The van der Waals surface area contributed by atoms with E-state index in [0.717, 1.165) is 34.6 Å². The highest BCUT2D eigenvalue weighted by Gasteiger charge is 2.37. The average molecular weight is 487 g/mol. The van der Waals surface area contributed by atoms with Crippen molar-refractivity contribution in [3.63, 3.8) is 0 Å². The van der Waals surface area contributed by atoms with Gasteiger partial charge in [0, 0.05) is 35.5 Å². The van der Waals surface area contributed by atoms with Crippen LogP contribution in [0.15, 0.2) is 47.4 Å². The van der Waals surface area contributed by atoms with Crippen LogP contribution in [0.3, 0.4) is 0 Å². The fraction of sp³-hybridized carbons (Fsp3) is 0.462. The molecule has 0 fully saturated rings. The van der Waals surface area contributed by atoms with Gasteiger partial charge in [-0.2, -0.15) is 0 Å². The van der Waals surface area contributed by atoms with Gasteiger partial charge in [-0.25, -0.2) is 4.79 Å². The fourth-order valence-corrected chi connectivity index (χ4v) is 5.02. The standard InChI is InChI=1S/C26H34N2O5S/c1-5-20(6-2)33-23-14-19(26(30)31)12-21(25(23)28-16(3)29)27-15-18-10-9-17(13-22(18)32-4)24-8-7-11-34-24/h7-11,13-14,20-21,23,25,27H,5-6,12,15H2,1-4H3,(H,28,29)(H,30,31)/t21-,23+,25+/m0/s1. The Morgan fingerprint density at radius 3 is 2.59 bits per heavy atom. The number of ether oxygens (including phenoxy) is 2. The molecule has 8 heteroatoms. The maximum Gasteiger partial charge on any atom is 0.331 e. The predicted molar refractivity (Wildman–Crippen MR) is 134 cm³/mol. The van der Waals surface area contributed by atoms with E-state index in [1.165, 1.54) is 6.92 Å². The normalized spacial score (nSPS) is 20.1. The number of amides is 1. The van der Waals surface area contributed by atoms with Gasteiger partial charge in [0.2, 0.25) is 5.91 Å². The Labute approximate surface area is 205 Å². The van der Waals surface area contributed by atoms with Gasteiger partial charge in [-0.1, -0.05) is 32.0 Å². The molecule has 0 saturated heterocycles. The van der Waals surface area contributed by atoms with Crippen molar-refractivity contribution in [2.75, 3.05) is 7.11 Å². The topological polar surface area (TPSA) is 96.9 Å². The van der Waals surface area contributed by atoms with Crippen LogP contribution in [-0.4, -0.2) is 48.4 Å². The third-order valence-electron chi connectivity index (χ3n) is 6.15.